The Morgan fingerprint density at radius 3 is 2.46 bits per heavy atom. The zero-order chi connectivity index (χ0) is 18.4. The van der Waals surface area contributed by atoms with Crippen molar-refractivity contribution >= 4 is 17.3 Å². The summed E-state index contributed by atoms with van der Waals surface area (Å²) in [6, 6.07) is 21.0. The smallest absolute Gasteiger partial charge is 0.138 e. The molecule has 3 aromatic rings. The fourth-order valence-electron chi connectivity index (χ4n) is 3.03. The van der Waals surface area contributed by atoms with Crippen LogP contribution in [0.4, 0.5) is 17.3 Å². The lowest BCUT2D eigenvalue weighted by Crippen LogP contribution is -2.19. The molecule has 0 unspecified atom stereocenters. The summed E-state index contributed by atoms with van der Waals surface area (Å²) in [5.74, 6) is 2.57. The Morgan fingerprint density at radius 1 is 0.923 bits per heavy atom. The average molecular weight is 346 g/mol. The van der Waals surface area contributed by atoms with E-state index in [1.165, 1.54) is 11.1 Å². The van der Waals surface area contributed by atoms with Crippen LogP contribution in [-0.2, 0) is 6.42 Å². The van der Waals surface area contributed by atoms with Crippen LogP contribution in [0.5, 0.6) is 0 Å². The molecule has 134 valence electrons. The molecule has 0 fully saturated rings. The van der Waals surface area contributed by atoms with Gasteiger partial charge in [-0.2, -0.15) is 0 Å². The molecule has 0 saturated heterocycles. The quantitative estimate of drug-likeness (QED) is 0.660. The minimum absolute atomic E-state index is 0.774. The number of nitrogens with one attached hydrogen (secondary N) is 1. The maximum atomic E-state index is 4.65. The van der Waals surface area contributed by atoms with Gasteiger partial charge < -0.3 is 10.2 Å². The molecule has 0 aliphatic carbocycles. The highest BCUT2D eigenvalue weighted by molar-refractivity contribution is 5.63. The molecule has 0 atom stereocenters. The maximum absolute atomic E-state index is 4.65. The van der Waals surface area contributed by atoms with Crippen LogP contribution in [0.2, 0.25) is 0 Å². The van der Waals surface area contributed by atoms with Crippen molar-refractivity contribution in [2.75, 3.05) is 23.3 Å². The summed E-state index contributed by atoms with van der Waals surface area (Å²) in [4.78, 5) is 11.4. The third kappa shape index (κ3) is 4.60. The van der Waals surface area contributed by atoms with Crippen LogP contribution >= 0.6 is 0 Å². The van der Waals surface area contributed by atoms with Gasteiger partial charge in [-0.15, -0.1) is 0 Å². The fourth-order valence-corrected chi connectivity index (χ4v) is 3.03. The first-order valence-electron chi connectivity index (χ1n) is 9.13. The van der Waals surface area contributed by atoms with Crippen molar-refractivity contribution in [3.05, 3.63) is 77.6 Å². The lowest BCUT2D eigenvalue weighted by Gasteiger charge is -2.23. The van der Waals surface area contributed by atoms with Gasteiger partial charge in [-0.05, 0) is 50.5 Å². The third-order valence-corrected chi connectivity index (χ3v) is 4.29. The van der Waals surface area contributed by atoms with Gasteiger partial charge in [0.1, 0.15) is 17.5 Å². The highest BCUT2D eigenvalue weighted by atomic mass is 15.2. The van der Waals surface area contributed by atoms with Crippen molar-refractivity contribution in [3.63, 3.8) is 0 Å². The van der Waals surface area contributed by atoms with Gasteiger partial charge in [0.25, 0.3) is 0 Å². The number of nitrogens with zero attached hydrogens (tertiary/aromatic N) is 3. The van der Waals surface area contributed by atoms with E-state index in [1.807, 2.05) is 19.1 Å². The second kappa shape index (κ2) is 8.48. The van der Waals surface area contributed by atoms with Gasteiger partial charge in [0.2, 0.25) is 0 Å². The zero-order valence-electron chi connectivity index (χ0n) is 15.7. The highest BCUT2D eigenvalue weighted by Crippen LogP contribution is 2.25. The molecule has 4 nitrogen and oxygen atoms in total. The van der Waals surface area contributed by atoms with Crippen LogP contribution in [0.3, 0.4) is 0 Å². The Hall–Kier alpha value is -2.88. The Kier molecular flexibility index (Phi) is 5.84. The zero-order valence-corrected chi connectivity index (χ0v) is 15.7. The molecule has 0 aliphatic heterocycles. The normalized spacial score (nSPS) is 10.6. The van der Waals surface area contributed by atoms with Crippen molar-refractivity contribution in [3.8, 4) is 0 Å². The molecule has 0 aliphatic rings. The summed E-state index contributed by atoms with van der Waals surface area (Å²) in [6.45, 7) is 7.89. The maximum Gasteiger partial charge on any atom is 0.138 e. The molecular formula is C22H26N4. The number of rotatable bonds is 7. The molecule has 2 aromatic carbocycles. The summed E-state index contributed by atoms with van der Waals surface area (Å²) < 4.78 is 0. The highest BCUT2D eigenvalue weighted by Gasteiger charge is 2.11. The van der Waals surface area contributed by atoms with Crippen molar-refractivity contribution in [2.45, 2.75) is 27.2 Å². The van der Waals surface area contributed by atoms with Crippen LogP contribution < -0.4 is 10.2 Å². The van der Waals surface area contributed by atoms with Crippen molar-refractivity contribution in [1.29, 1.82) is 0 Å². The Labute approximate surface area is 155 Å². The molecule has 1 N–H and O–H groups in total. The van der Waals surface area contributed by atoms with E-state index in [1.54, 1.807) is 0 Å². The summed E-state index contributed by atoms with van der Waals surface area (Å²) >= 11 is 0. The van der Waals surface area contributed by atoms with E-state index in [0.29, 0.717) is 0 Å². The van der Waals surface area contributed by atoms with Crippen LogP contribution in [0.25, 0.3) is 0 Å². The monoisotopic (exact) mass is 346 g/mol. The van der Waals surface area contributed by atoms with E-state index >= 15 is 0 Å². The van der Waals surface area contributed by atoms with Crippen LogP contribution in [-0.4, -0.2) is 23.1 Å². The molecule has 1 aromatic heterocycles. The van der Waals surface area contributed by atoms with Gasteiger partial charge in [0.15, 0.2) is 0 Å². The molecule has 0 bridgehead atoms. The average Bonchev–Trinajstić information content (AvgIpc) is 2.63. The second-order valence-electron chi connectivity index (χ2n) is 6.40. The van der Waals surface area contributed by atoms with Crippen molar-refractivity contribution in [2.24, 2.45) is 0 Å². The number of aryl methyl sites for hydroxylation is 2. The SMILES string of the molecule is CCN(c1cccc(C)c1)c1cc(NCCc2ccccc2)nc(C)n1. The van der Waals surface area contributed by atoms with E-state index in [4.69, 9.17) is 0 Å². The number of aromatic nitrogens is 2. The van der Waals surface area contributed by atoms with E-state index in [-0.39, 0.29) is 0 Å². The summed E-state index contributed by atoms with van der Waals surface area (Å²) in [6.07, 6.45) is 0.967. The number of hydrogen-bond acceptors (Lipinski definition) is 4. The predicted molar refractivity (Wildman–Crippen MR) is 109 cm³/mol. The molecule has 0 amide bonds. The molecule has 0 spiro atoms. The summed E-state index contributed by atoms with van der Waals surface area (Å²) in [5.41, 5.74) is 3.72. The van der Waals surface area contributed by atoms with Gasteiger partial charge in [0.05, 0.1) is 0 Å². The topological polar surface area (TPSA) is 41.0 Å². The second-order valence-corrected chi connectivity index (χ2v) is 6.40. The Morgan fingerprint density at radius 2 is 1.73 bits per heavy atom. The molecule has 0 radical (unpaired) electrons. The standard InChI is InChI=1S/C22H26N4/c1-4-26(20-12-8-9-17(2)15-20)22-16-21(24-18(3)25-22)23-14-13-19-10-6-5-7-11-19/h5-12,15-16H,4,13-14H2,1-3H3,(H,23,24,25). The molecule has 0 saturated carbocycles. The lowest BCUT2D eigenvalue weighted by atomic mass is 10.1. The van der Waals surface area contributed by atoms with Gasteiger partial charge in [-0.3, -0.25) is 0 Å². The molecular weight excluding hydrogens is 320 g/mol. The fraction of sp³-hybridized carbons (Fsp3) is 0.273. The van der Waals surface area contributed by atoms with E-state index in [9.17, 15) is 0 Å². The van der Waals surface area contributed by atoms with Crippen LogP contribution in [0, 0.1) is 13.8 Å². The summed E-state index contributed by atoms with van der Waals surface area (Å²) in [7, 11) is 0. The first-order valence-corrected chi connectivity index (χ1v) is 9.13. The van der Waals surface area contributed by atoms with Gasteiger partial charge in [-0.25, -0.2) is 9.97 Å². The lowest BCUT2D eigenvalue weighted by molar-refractivity contribution is 0.938. The van der Waals surface area contributed by atoms with Crippen LogP contribution in [0.15, 0.2) is 60.7 Å². The first-order chi connectivity index (χ1) is 12.7. The number of anilines is 3. The van der Waals surface area contributed by atoms with Gasteiger partial charge in [-0.1, -0.05) is 42.5 Å². The Bertz CT molecular complexity index is 846. The van der Waals surface area contributed by atoms with E-state index in [2.05, 4.69) is 82.6 Å². The molecule has 3 rings (SSSR count). The minimum Gasteiger partial charge on any atom is -0.370 e. The van der Waals surface area contributed by atoms with Crippen molar-refractivity contribution in [1.82, 2.24) is 9.97 Å². The first kappa shape index (κ1) is 17.9. The van der Waals surface area contributed by atoms with E-state index < -0.39 is 0 Å². The minimum atomic E-state index is 0.774. The largest absolute Gasteiger partial charge is 0.370 e. The molecule has 1 heterocycles. The molecule has 4 heteroatoms. The predicted octanol–water partition coefficient (Wildman–Crippen LogP) is 4.91. The van der Waals surface area contributed by atoms with Gasteiger partial charge >= 0.3 is 0 Å². The number of hydrogen-bond donors (Lipinski definition) is 1. The van der Waals surface area contributed by atoms with Gasteiger partial charge in [0, 0.05) is 24.8 Å². The summed E-state index contributed by atoms with van der Waals surface area (Å²) in [5, 5.41) is 3.44. The number of benzene rings is 2. The Balaban J connectivity index is 1.76. The van der Waals surface area contributed by atoms with E-state index in [0.717, 1.165) is 42.7 Å². The van der Waals surface area contributed by atoms with Crippen LogP contribution in [0.1, 0.15) is 23.9 Å². The third-order valence-electron chi connectivity index (χ3n) is 4.29. The molecule has 26 heavy (non-hydrogen) atoms. The van der Waals surface area contributed by atoms with Crippen molar-refractivity contribution < 1.29 is 0 Å².